The lowest BCUT2D eigenvalue weighted by molar-refractivity contribution is -0.163. The SMILES string of the molecule is COC(=O)C(C(=O)OC)[C@H](C)[C@H](NC(=O)[C@H]1CCCN1C(=O)OCc1ccccc1)C(=O)O. The summed E-state index contributed by atoms with van der Waals surface area (Å²) in [5, 5.41) is 12.0. The molecule has 0 aliphatic carbocycles. The number of aliphatic carboxylic acids is 1. The van der Waals surface area contributed by atoms with Crippen molar-refractivity contribution in [2.24, 2.45) is 11.8 Å². The quantitative estimate of drug-likeness (QED) is 0.309. The van der Waals surface area contributed by atoms with Crippen LogP contribution in [-0.2, 0) is 40.0 Å². The van der Waals surface area contributed by atoms with Gasteiger partial charge in [-0.1, -0.05) is 37.3 Å². The Morgan fingerprint density at radius 3 is 2.24 bits per heavy atom. The Morgan fingerprint density at radius 1 is 1.09 bits per heavy atom. The molecule has 1 aliphatic heterocycles. The minimum Gasteiger partial charge on any atom is -0.480 e. The molecule has 0 saturated carbocycles. The standard InChI is InChI=1S/C22H28N2O9/c1-13(16(20(28)31-2)21(29)32-3)17(19(26)27)23-18(25)15-10-7-11-24(15)22(30)33-12-14-8-5-4-6-9-14/h4-6,8-9,13,15-17H,7,10-12H2,1-3H3,(H,23,25)(H,26,27)/t13-,15+,17-/m0/s1. The molecular formula is C22H28N2O9. The Bertz CT molecular complexity index is 858. The molecule has 1 aliphatic rings. The zero-order valence-corrected chi connectivity index (χ0v) is 18.7. The fourth-order valence-electron chi connectivity index (χ4n) is 3.70. The zero-order chi connectivity index (χ0) is 24.5. The van der Waals surface area contributed by atoms with Crippen molar-refractivity contribution in [3.05, 3.63) is 35.9 Å². The van der Waals surface area contributed by atoms with Crippen molar-refractivity contribution in [2.75, 3.05) is 20.8 Å². The van der Waals surface area contributed by atoms with Gasteiger partial charge in [0, 0.05) is 12.5 Å². The number of hydrogen-bond donors (Lipinski definition) is 2. The van der Waals surface area contributed by atoms with Gasteiger partial charge in [-0.15, -0.1) is 0 Å². The molecule has 1 saturated heterocycles. The molecule has 0 radical (unpaired) electrons. The second-order valence-corrected chi connectivity index (χ2v) is 7.60. The molecule has 1 fully saturated rings. The number of likely N-dealkylation sites (tertiary alicyclic amines) is 1. The molecule has 2 amide bonds. The summed E-state index contributed by atoms with van der Waals surface area (Å²) >= 11 is 0. The number of nitrogens with one attached hydrogen (secondary N) is 1. The van der Waals surface area contributed by atoms with E-state index in [0.717, 1.165) is 19.8 Å². The van der Waals surface area contributed by atoms with Crippen LogP contribution in [0, 0.1) is 11.8 Å². The summed E-state index contributed by atoms with van der Waals surface area (Å²) in [5.41, 5.74) is 0.780. The van der Waals surface area contributed by atoms with Gasteiger partial charge in [0.1, 0.15) is 18.7 Å². The molecule has 1 aromatic carbocycles. The highest BCUT2D eigenvalue weighted by molar-refractivity contribution is 5.96. The molecule has 0 spiro atoms. The van der Waals surface area contributed by atoms with Gasteiger partial charge in [0.15, 0.2) is 5.92 Å². The maximum absolute atomic E-state index is 12.9. The predicted octanol–water partition coefficient (Wildman–Crippen LogP) is 0.955. The molecule has 1 aromatic rings. The Balaban J connectivity index is 2.10. The second-order valence-electron chi connectivity index (χ2n) is 7.60. The van der Waals surface area contributed by atoms with E-state index in [4.69, 9.17) is 4.74 Å². The summed E-state index contributed by atoms with van der Waals surface area (Å²) in [6.45, 7) is 1.61. The number of hydrogen-bond acceptors (Lipinski definition) is 8. The molecule has 180 valence electrons. The van der Waals surface area contributed by atoms with Crippen LogP contribution in [0.3, 0.4) is 0 Å². The minimum atomic E-state index is -1.61. The molecule has 0 bridgehead atoms. The maximum Gasteiger partial charge on any atom is 0.410 e. The summed E-state index contributed by atoms with van der Waals surface area (Å²) in [7, 11) is 2.10. The number of carbonyl (C=O) groups is 5. The number of benzene rings is 1. The predicted molar refractivity (Wildman–Crippen MR) is 113 cm³/mol. The van der Waals surface area contributed by atoms with Crippen molar-refractivity contribution in [3.8, 4) is 0 Å². The number of amides is 2. The Kier molecular flexibility index (Phi) is 9.19. The third-order valence-electron chi connectivity index (χ3n) is 5.52. The number of nitrogens with zero attached hydrogens (tertiary/aromatic N) is 1. The van der Waals surface area contributed by atoms with E-state index in [-0.39, 0.29) is 13.2 Å². The average molecular weight is 464 g/mol. The van der Waals surface area contributed by atoms with E-state index in [1.54, 1.807) is 24.3 Å². The van der Waals surface area contributed by atoms with Gasteiger partial charge in [-0.3, -0.25) is 19.3 Å². The van der Waals surface area contributed by atoms with E-state index >= 15 is 0 Å². The third-order valence-corrected chi connectivity index (χ3v) is 5.52. The molecule has 1 heterocycles. The van der Waals surface area contributed by atoms with E-state index in [1.807, 2.05) is 6.07 Å². The van der Waals surface area contributed by atoms with Gasteiger partial charge >= 0.3 is 24.0 Å². The molecule has 0 aromatic heterocycles. The largest absolute Gasteiger partial charge is 0.480 e. The highest BCUT2D eigenvalue weighted by Gasteiger charge is 2.44. The average Bonchev–Trinajstić information content (AvgIpc) is 3.31. The monoisotopic (exact) mass is 464 g/mol. The number of ether oxygens (including phenoxy) is 3. The molecule has 11 nitrogen and oxygen atoms in total. The minimum absolute atomic E-state index is 0.0270. The molecule has 2 N–H and O–H groups in total. The lowest BCUT2D eigenvalue weighted by Crippen LogP contribution is -2.55. The lowest BCUT2D eigenvalue weighted by atomic mass is 9.87. The van der Waals surface area contributed by atoms with Gasteiger partial charge in [-0.05, 0) is 18.4 Å². The summed E-state index contributed by atoms with van der Waals surface area (Å²) in [6, 6.07) is 6.47. The van der Waals surface area contributed by atoms with Crippen molar-refractivity contribution in [1.82, 2.24) is 10.2 Å². The fourth-order valence-corrected chi connectivity index (χ4v) is 3.70. The number of rotatable bonds is 9. The van der Waals surface area contributed by atoms with Crippen LogP contribution >= 0.6 is 0 Å². The van der Waals surface area contributed by atoms with Crippen LogP contribution in [0.5, 0.6) is 0 Å². The smallest absolute Gasteiger partial charge is 0.410 e. The molecule has 33 heavy (non-hydrogen) atoms. The van der Waals surface area contributed by atoms with Gasteiger partial charge in [0.05, 0.1) is 14.2 Å². The van der Waals surface area contributed by atoms with Gasteiger partial charge in [0.2, 0.25) is 5.91 Å². The third kappa shape index (κ3) is 6.43. The van der Waals surface area contributed by atoms with Crippen LogP contribution in [0.15, 0.2) is 30.3 Å². The summed E-state index contributed by atoms with van der Waals surface area (Å²) in [5.74, 6) is -6.89. The van der Waals surface area contributed by atoms with E-state index in [1.165, 1.54) is 11.8 Å². The topological polar surface area (TPSA) is 149 Å². The van der Waals surface area contributed by atoms with E-state index in [2.05, 4.69) is 14.8 Å². The molecular weight excluding hydrogens is 436 g/mol. The maximum atomic E-state index is 12.9. The summed E-state index contributed by atoms with van der Waals surface area (Å²) in [6.07, 6.45) is 0.141. The van der Waals surface area contributed by atoms with Crippen molar-refractivity contribution in [2.45, 2.75) is 38.5 Å². The zero-order valence-electron chi connectivity index (χ0n) is 18.7. The number of carboxylic acid groups (broad SMARTS) is 1. The molecule has 3 atom stereocenters. The summed E-state index contributed by atoms with van der Waals surface area (Å²) in [4.78, 5) is 62.6. The van der Waals surface area contributed by atoms with Gasteiger partial charge in [-0.2, -0.15) is 0 Å². The second kappa shape index (κ2) is 11.8. The molecule has 2 rings (SSSR count). The van der Waals surface area contributed by atoms with Crippen LogP contribution in [0.4, 0.5) is 4.79 Å². The highest BCUT2D eigenvalue weighted by Crippen LogP contribution is 2.23. The van der Waals surface area contributed by atoms with Crippen molar-refractivity contribution < 1.29 is 43.3 Å². The van der Waals surface area contributed by atoms with E-state index in [9.17, 15) is 29.1 Å². The normalized spacial score (nSPS) is 17.1. The van der Waals surface area contributed by atoms with Crippen LogP contribution < -0.4 is 5.32 Å². The highest BCUT2D eigenvalue weighted by atomic mass is 16.6. The molecule has 11 heteroatoms. The van der Waals surface area contributed by atoms with Crippen LogP contribution in [0.2, 0.25) is 0 Å². The number of carbonyl (C=O) groups excluding carboxylic acids is 4. The first-order valence-corrected chi connectivity index (χ1v) is 10.4. The molecule has 0 unspecified atom stereocenters. The van der Waals surface area contributed by atoms with E-state index in [0.29, 0.717) is 12.8 Å². The Labute approximate surface area is 191 Å². The fraction of sp³-hybridized carbons (Fsp3) is 0.500. The van der Waals surface area contributed by atoms with Crippen LogP contribution in [-0.4, -0.2) is 72.8 Å². The Hall–Kier alpha value is -3.63. The number of esters is 2. The summed E-state index contributed by atoms with van der Waals surface area (Å²) < 4.78 is 14.5. The van der Waals surface area contributed by atoms with Crippen LogP contribution in [0.1, 0.15) is 25.3 Å². The number of methoxy groups -OCH3 is 2. The number of carboxylic acids is 1. The first kappa shape index (κ1) is 25.6. The van der Waals surface area contributed by atoms with Crippen molar-refractivity contribution in [3.63, 3.8) is 0 Å². The van der Waals surface area contributed by atoms with Crippen molar-refractivity contribution >= 4 is 29.9 Å². The van der Waals surface area contributed by atoms with Gasteiger partial charge in [-0.25, -0.2) is 9.59 Å². The van der Waals surface area contributed by atoms with E-state index < -0.39 is 53.8 Å². The van der Waals surface area contributed by atoms with Gasteiger partial charge in [0.25, 0.3) is 0 Å². The van der Waals surface area contributed by atoms with Gasteiger partial charge < -0.3 is 24.6 Å². The first-order chi connectivity index (χ1) is 15.7. The first-order valence-electron chi connectivity index (χ1n) is 10.4. The van der Waals surface area contributed by atoms with Crippen LogP contribution in [0.25, 0.3) is 0 Å². The lowest BCUT2D eigenvalue weighted by Gasteiger charge is -2.29. The van der Waals surface area contributed by atoms with Crippen molar-refractivity contribution in [1.29, 1.82) is 0 Å². The Morgan fingerprint density at radius 2 is 1.70 bits per heavy atom.